The summed E-state index contributed by atoms with van der Waals surface area (Å²) in [4.78, 5) is 2.36. The van der Waals surface area contributed by atoms with Crippen LogP contribution in [0.3, 0.4) is 0 Å². The van der Waals surface area contributed by atoms with Crippen molar-refractivity contribution in [2.75, 3.05) is 33.4 Å². The van der Waals surface area contributed by atoms with Crippen molar-refractivity contribution >= 4 is 0 Å². The highest BCUT2D eigenvalue weighted by molar-refractivity contribution is 5.29. The summed E-state index contributed by atoms with van der Waals surface area (Å²) in [6.07, 6.45) is 2.74. The van der Waals surface area contributed by atoms with Gasteiger partial charge in [0.1, 0.15) is 0 Å². The number of nitrogens with two attached hydrogens (primary N) is 1. The van der Waals surface area contributed by atoms with Crippen molar-refractivity contribution in [3.63, 3.8) is 0 Å². The number of aromatic nitrogens is 2. The molecule has 1 aliphatic heterocycles. The van der Waals surface area contributed by atoms with E-state index in [-0.39, 0.29) is 12.1 Å². The largest absolute Gasteiger partial charge is 0.493 e. The van der Waals surface area contributed by atoms with E-state index in [1.807, 2.05) is 4.68 Å². The van der Waals surface area contributed by atoms with Crippen LogP contribution in [-0.4, -0.2) is 54.1 Å². The quantitative estimate of drug-likeness (QED) is 0.844. The molecule has 2 rings (SSSR count). The zero-order valence-electron chi connectivity index (χ0n) is 12.7. The first-order chi connectivity index (χ1) is 9.71. The van der Waals surface area contributed by atoms with E-state index in [0.29, 0.717) is 0 Å². The van der Waals surface area contributed by atoms with Crippen molar-refractivity contribution < 1.29 is 9.47 Å². The topological polar surface area (TPSA) is 65.5 Å². The fourth-order valence-corrected chi connectivity index (χ4v) is 2.67. The molecule has 114 valence electrons. The summed E-state index contributed by atoms with van der Waals surface area (Å²) in [5.41, 5.74) is 7.39. The van der Waals surface area contributed by atoms with Gasteiger partial charge in [-0.2, -0.15) is 5.10 Å². The van der Waals surface area contributed by atoms with Gasteiger partial charge in [-0.3, -0.25) is 9.58 Å². The smallest absolute Gasteiger partial charge is 0.161 e. The number of methoxy groups -OCH3 is 1. The Balaban J connectivity index is 2.18. The Morgan fingerprint density at radius 2 is 2.35 bits per heavy atom. The molecule has 2 unspecified atom stereocenters. The lowest BCUT2D eigenvalue weighted by Crippen LogP contribution is -2.47. The molecule has 0 radical (unpaired) electrons. The molecule has 1 fully saturated rings. The second kappa shape index (κ2) is 7.06. The number of likely N-dealkylation sites (N-methyl/N-ethyl adjacent to an activating group) is 1. The van der Waals surface area contributed by atoms with E-state index in [1.54, 1.807) is 13.3 Å². The van der Waals surface area contributed by atoms with E-state index < -0.39 is 0 Å². The van der Waals surface area contributed by atoms with Gasteiger partial charge in [0.15, 0.2) is 5.75 Å². The predicted octanol–water partition coefficient (Wildman–Crippen LogP) is 1.02. The van der Waals surface area contributed by atoms with Gasteiger partial charge in [0.05, 0.1) is 37.8 Å². The van der Waals surface area contributed by atoms with Crippen LogP contribution >= 0.6 is 0 Å². The van der Waals surface area contributed by atoms with Crippen molar-refractivity contribution in [3.05, 3.63) is 11.9 Å². The molecule has 1 saturated heterocycles. The van der Waals surface area contributed by atoms with Crippen molar-refractivity contribution in [3.8, 4) is 5.75 Å². The normalized spacial score (nSPS) is 21.9. The fraction of sp³-hybridized carbons (Fsp3) is 0.786. The number of aryl methyl sites for hydroxylation is 1. The highest BCUT2D eigenvalue weighted by Gasteiger charge is 2.30. The van der Waals surface area contributed by atoms with Gasteiger partial charge < -0.3 is 15.2 Å². The van der Waals surface area contributed by atoms with Crippen LogP contribution in [0.4, 0.5) is 0 Å². The van der Waals surface area contributed by atoms with Crippen LogP contribution in [0.15, 0.2) is 6.20 Å². The lowest BCUT2D eigenvalue weighted by atomic mass is 10.1. The van der Waals surface area contributed by atoms with Crippen LogP contribution in [0.2, 0.25) is 0 Å². The van der Waals surface area contributed by atoms with Crippen LogP contribution in [0.1, 0.15) is 32.0 Å². The van der Waals surface area contributed by atoms with Gasteiger partial charge in [-0.1, -0.05) is 13.8 Å². The molecule has 0 saturated carbocycles. The Hall–Kier alpha value is -1.11. The van der Waals surface area contributed by atoms with E-state index in [9.17, 15) is 0 Å². The third-order valence-corrected chi connectivity index (χ3v) is 3.84. The summed E-state index contributed by atoms with van der Waals surface area (Å²) in [7, 11) is 1.66. The summed E-state index contributed by atoms with van der Waals surface area (Å²) in [6.45, 7) is 8.73. The fourth-order valence-electron chi connectivity index (χ4n) is 2.67. The molecule has 2 N–H and O–H groups in total. The van der Waals surface area contributed by atoms with Gasteiger partial charge in [0, 0.05) is 19.6 Å². The first-order valence-electron chi connectivity index (χ1n) is 7.40. The standard InChI is InChI=1S/C14H26N4O2/c1-4-6-18-14(11(19-3)9-16-18)13(15)12-10-17(5-2)7-8-20-12/h9,12-13H,4-8,10,15H2,1-3H3. The van der Waals surface area contributed by atoms with Gasteiger partial charge in [0.25, 0.3) is 0 Å². The molecule has 0 spiro atoms. The maximum Gasteiger partial charge on any atom is 0.161 e. The Labute approximate surface area is 120 Å². The summed E-state index contributed by atoms with van der Waals surface area (Å²) in [5.74, 6) is 0.753. The minimum absolute atomic E-state index is 0.00935. The highest BCUT2D eigenvalue weighted by atomic mass is 16.5. The Morgan fingerprint density at radius 3 is 3.00 bits per heavy atom. The first-order valence-corrected chi connectivity index (χ1v) is 7.40. The summed E-state index contributed by atoms with van der Waals surface area (Å²) in [6, 6.07) is -0.214. The van der Waals surface area contributed by atoms with Crippen molar-refractivity contribution in [1.82, 2.24) is 14.7 Å². The molecule has 1 aliphatic rings. The lowest BCUT2D eigenvalue weighted by molar-refractivity contribution is -0.0407. The summed E-state index contributed by atoms with van der Waals surface area (Å²) >= 11 is 0. The zero-order valence-corrected chi connectivity index (χ0v) is 12.7. The van der Waals surface area contributed by atoms with Crippen LogP contribution < -0.4 is 10.5 Å². The molecular weight excluding hydrogens is 256 g/mol. The zero-order chi connectivity index (χ0) is 14.5. The number of nitrogens with zero attached hydrogens (tertiary/aromatic N) is 3. The predicted molar refractivity (Wildman–Crippen MR) is 77.9 cm³/mol. The van der Waals surface area contributed by atoms with E-state index in [1.165, 1.54) is 0 Å². The summed E-state index contributed by atoms with van der Waals surface area (Å²) in [5, 5.41) is 4.37. The minimum atomic E-state index is -0.214. The van der Waals surface area contributed by atoms with Gasteiger partial charge >= 0.3 is 0 Å². The lowest BCUT2D eigenvalue weighted by Gasteiger charge is -2.35. The molecule has 0 aliphatic carbocycles. The van der Waals surface area contributed by atoms with E-state index >= 15 is 0 Å². The maximum absolute atomic E-state index is 6.45. The van der Waals surface area contributed by atoms with Crippen molar-refractivity contribution in [2.45, 2.75) is 39.0 Å². The number of morpholine rings is 1. The Bertz CT molecular complexity index is 421. The number of rotatable bonds is 6. The van der Waals surface area contributed by atoms with Gasteiger partial charge in [-0.25, -0.2) is 0 Å². The number of hydrogen-bond donors (Lipinski definition) is 1. The second-order valence-corrected chi connectivity index (χ2v) is 5.15. The molecule has 0 bridgehead atoms. The van der Waals surface area contributed by atoms with Crippen molar-refractivity contribution in [2.24, 2.45) is 5.73 Å². The van der Waals surface area contributed by atoms with Gasteiger partial charge in [-0.15, -0.1) is 0 Å². The molecule has 2 atom stereocenters. The Kier molecular flexibility index (Phi) is 5.39. The second-order valence-electron chi connectivity index (χ2n) is 5.15. The van der Waals surface area contributed by atoms with Crippen LogP contribution in [0.25, 0.3) is 0 Å². The molecule has 6 heteroatoms. The SMILES string of the molecule is CCCn1ncc(OC)c1C(N)C1CN(CC)CCO1. The van der Waals surface area contributed by atoms with Crippen LogP contribution in [0, 0.1) is 0 Å². The van der Waals surface area contributed by atoms with Crippen LogP contribution in [0.5, 0.6) is 5.75 Å². The third-order valence-electron chi connectivity index (χ3n) is 3.84. The van der Waals surface area contributed by atoms with Gasteiger partial charge in [-0.05, 0) is 13.0 Å². The monoisotopic (exact) mass is 282 g/mol. The number of ether oxygens (including phenoxy) is 2. The average Bonchev–Trinajstić information content (AvgIpc) is 2.89. The van der Waals surface area contributed by atoms with Crippen LogP contribution in [-0.2, 0) is 11.3 Å². The van der Waals surface area contributed by atoms with E-state index in [4.69, 9.17) is 15.2 Å². The molecule has 20 heavy (non-hydrogen) atoms. The highest BCUT2D eigenvalue weighted by Crippen LogP contribution is 2.28. The molecule has 0 aromatic carbocycles. The molecule has 6 nitrogen and oxygen atoms in total. The van der Waals surface area contributed by atoms with Crippen molar-refractivity contribution in [1.29, 1.82) is 0 Å². The first kappa shape index (κ1) is 15.3. The molecule has 1 aromatic heterocycles. The number of hydrogen-bond acceptors (Lipinski definition) is 5. The summed E-state index contributed by atoms with van der Waals surface area (Å²) < 4.78 is 13.2. The Morgan fingerprint density at radius 1 is 1.55 bits per heavy atom. The molecule has 1 aromatic rings. The molecule has 0 amide bonds. The average molecular weight is 282 g/mol. The molecule has 2 heterocycles. The van der Waals surface area contributed by atoms with Gasteiger partial charge in [0.2, 0.25) is 0 Å². The maximum atomic E-state index is 6.45. The van der Waals surface area contributed by atoms with E-state index in [2.05, 4.69) is 23.8 Å². The molecular formula is C14H26N4O2. The third kappa shape index (κ3) is 3.13. The van der Waals surface area contributed by atoms with E-state index in [0.717, 1.165) is 50.7 Å². The minimum Gasteiger partial charge on any atom is -0.493 e.